The molecule has 514 valence electrons. The third kappa shape index (κ3) is 22.7. The number of aliphatic hydroxyl groups is 1. The Balaban J connectivity index is 3.00. The second kappa shape index (κ2) is 36.7. The zero-order valence-electron chi connectivity index (χ0n) is 58.8. The molecular formula is C67H112BrN11O12. The zero-order chi connectivity index (χ0) is 70.0. The molecule has 23 nitrogen and oxygen atoms in total. The van der Waals surface area contributed by atoms with E-state index in [4.69, 9.17) is 0 Å². The van der Waals surface area contributed by atoms with Crippen LogP contribution in [0.4, 0.5) is 0 Å². The molecule has 1 aromatic carbocycles. The van der Waals surface area contributed by atoms with Crippen LogP contribution < -0.4 is 21.3 Å². The Morgan fingerprint density at radius 1 is 0.495 bits per heavy atom. The Labute approximate surface area is 551 Å². The maximum absolute atomic E-state index is 15.3. The van der Waals surface area contributed by atoms with Crippen molar-refractivity contribution in [2.75, 3.05) is 55.9 Å². The molecule has 0 saturated carbocycles. The average molecular weight is 1340 g/mol. The predicted octanol–water partition coefficient (Wildman–Crippen LogP) is 5.17. The van der Waals surface area contributed by atoms with E-state index in [1.165, 1.54) is 87.7 Å². The normalized spacial score (nSPS) is 25.9. The lowest BCUT2D eigenvalue weighted by Gasteiger charge is -2.41. The number of halogens is 1. The SMILES string of the molecule is CC[C@@H]1NC(=O)[C@H]([C@H](O)[C@H](C)C/C=C/c2ccccc2Br)N(C)C(=O)[C@H](C(C)C)N(C)C(=O)[C@H](CC(C)C)N(C)C(=O)[C@H](CC(C)C)N(C)C(=O)[C@@H](C)NC(=O)[C@H](C)NC(=O)[C@H](CC(C)C)N(C)C(=O)[C@H](C(C)C)NC(=O)[C@H](CC(C)C)N(C)C(=O)CN(C)C1=O. The third-order valence-corrected chi connectivity index (χ3v) is 17.8. The van der Waals surface area contributed by atoms with Crippen LogP contribution in [0.3, 0.4) is 0 Å². The van der Waals surface area contributed by atoms with E-state index < -0.39 is 156 Å². The smallest absolute Gasteiger partial charge is 0.246 e. The van der Waals surface area contributed by atoms with E-state index >= 15 is 19.2 Å². The summed E-state index contributed by atoms with van der Waals surface area (Å²) < 4.78 is 0.830. The summed E-state index contributed by atoms with van der Waals surface area (Å²) in [7, 11) is 9.92. The van der Waals surface area contributed by atoms with Crippen LogP contribution in [0.5, 0.6) is 0 Å². The van der Waals surface area contributed by atoms with Gasteiger partial charge in [0.25, 0.3) is 0 Å². The van der Waals surface area contributed by atoms with E-state index in [1.54, 1.807) is 41.5 Å². The topological polar surface area (TPSA) is 279 Å². The molecule has 1 aromatic rings. The quantitative estimate of drug-likeness (QED) is 0.143. The first-order valence-electron chi connectivity index (χ1n) is 32.3. The number of nitrogens with one attached hydrogen (secondary N) is 4. The standard InChI is InChI=1S/C67H112BrN11O12/c1-24-48-63(87)73(17)36-53(80)74(18)49(32-37(2)3)60(84)72-54(41(10)11)66(90)75(19)50(33-38(4)5)59(83)69-44(15)58(82)70-45(16)62(86)76(20)51(34-39(6)7)64(88)77(21)52(35-40(8)9)65(89)78(22)55(42(12)13)67(91)79(23)56(61(85)71-48)57(81)43(14)28-27-30-46-29-25-26-31-47(46)68/h25-27,29-31,37-45,48-52,54-57,81H,24,28,32-36H2,1-23H3,(H,69,83)(H,70,82)(H,71,85)(H,72,84)/b30-27+/t43-,44+,45-,48+,49+,50+,51+,52+,54+,55+,56+,57-/m1/s1. The van der Waals surface area contributed by atoms with Gasteiger partial charge in [-0.15, -0.1) is 0 Å². The predicted molar refractivity (Wildman–Crippen MR) is 357 cm³/mol. The molecule has 5 N–H and O–H groups in total. The lowest BCUT2D eigenvalue weighted by Crippen LogP contribution is -2.63. The Morgan fingerprint density at radius 3 is 1.42 bits per heavy atom. The molecule has 1 saturated heterocycles. The molecule has 0 aliphatic carbocycles. The number of hydrogen-bond acceptors (Lipinski definition) is 12. The molecule has 0 radical (unpaired) electrons. The molecule has 1 aliphatic rings. The molecule has 0 spiro atoms. The summed E-state index contributed by atoms with van der Waals surface area (Å²) in [5, 5.41) is 23.4. The highest BCUT2D eigenvalue weighted by atomic mass is 79.9. The van der Waals surface area contributed by atoms with Gasteiger partial charge in [-0.1, -0.05) is 143 Å². The first-order chi connectivity index (χ1) is 42.1. The molecule has 1 fully saturated rings. The first-order valence-corrected chi connectivity index (χ1v) is 33.1. The highest BCUT2D eigenvalue weighted by Crippen LogP contribution is 2.27. The number of carbonyl (C=O) groups is 11. The summed E-state index contributed by atoms with van der Waals surface area (Å²) in [6, 6.07) is -4.99. The molecule has 1 aliphatic heterocycles. The minimum atomic E-state index is -1.66. The monoisotopic (exact) mass is 1340 g/mol. The Hall–Kier alpha value is -6.43. The van der Waals surface area contributed by atoms with Crippen molar-refractivity contribution in [3.63, 3.8) is 0 Å². The number of allylic oxidation sites excluding steroid dienone is 1. The van der Waals surface area contributed by atoms with Gasteiger partial charge < -0.3 is 60.7 Å². The van der Waals surface area contributed by atoms with Crippen molar-refractivity contribution in [2.45, 2.75) is 216 Å². The highest BCUT2D eigenvalue weighted by Gasteiger charge is 2.46. The molecule has 0 bridgehead atoms. The van der Waals surface area contributed by atoms with E-state index in [0.717, 1.165) is 19.8 Å². The summed E-state index contributed by atoms with van der Waals surface area (Å²) in [5.41, 5.74) is 0.859. The maximum atomic E-state index is 15.3. The van der Waals surface area contributed by atoms with Crippen molar-refractivity contribution in [1.29, 1.82) is 0 Å². The van der Waals surface area contributed by atoms with Crippen LogP contribution >= 0.6 is 15.9 Å². The number of carbonyl (C=O) groups excluding carboxylic acids is 11. The second-order valence-corrected chi connectivity index (χ2v) is 28.3. The van der Waals surface area contributed by atoms with E-state index in [9.17, 15) is 38.7 Å². The van der Waals surface area contributed by atoms with Crippen molar-refractivity contribution in [1.82, 2.24) is 55.6 Å². The molecule has 2 rings (SSSR count). The Bertz CT molecular complexity index is 2700. The van der Waals surface area contributed by atoms with Crippen LogP contribution in [0.1, 0.15) is 155 Å². The van der Waals surface area contributed by atoms with Crippen molar-refractivity contribution >= 4 is 87.0 Å². The third-order valence-electron chi connectivity index (χ3n) is 17.0. The molecule has 24 heteroatoms. The second-order valence-electron chi connectivity index (χ2n) is 27.4. The van der Waals surface area contributed by atoms with Crippen LogP contribution in [0.25, 0.3) is 6.08 Å². The number of rotatable bonds is 16. The molecule has 12 atom stereocenters. The van der Waals surface area contributed by atoms with Gasteiger partial charge in [-0.3, -0.25) is 52.7 Å². The summed E-state index contributed by atoms with van der Waals surface area (Å²) >= 11 is 3.56. The Morgan fingerprint density at radius 2 is 0.934 bits per heavy atom. The average Bonchev–Trinajstić information content (AvgIpc) is 0.880. The number of nitrogens with zero attached hydrogens (tertiary/aromatic N) is 7. The van der Waals surface area contributed by atoms with Crippen LogP contribution in [-0.4, -0.2) is 227 Å². The number of amides is 11. The van der Waals surface area contributed by atoms with Gasteiger partial charge in [0.15, 0.2) is 0 Å². The fraction of sp³-hybridized carbons (Fsp3) is 0.716. The van der Waals surface area contributed by atoms with Gasteiger partial charge in [0.1, 0.15) is 60.4 Å². The molecular weight excluding hydrogens is 1230 g/mol. The molecule has 0 aromatic heterocycles. The minimum Gasteiger partial charge on any atom is -0.390 e. The lowest BCUT2D eigenvalue weighted by atomic mass is 9.91. The van der Waals surface area contributed by atoms with E-state index in [1.807, 2.05) is 91.8 Å². The van der Waals surface area contributed by atoms with Gasteiger partial charge in [-0.25, -0.2) is 0 Å². The van der Waals surface area contributed by atoms with Gasteiger partial charge in [-0.05, 0) is 105 Å². The minimum absolute atomic E-state index is 0.00513. The molecule has 91 heavy (non-hydrogen) atoms. The van der Waals surface area contributed by atoms with Crippen molar-refractivity contribution < 1.29 is 57.8 Å². The number of benzene rings is 1. The van der Waals surface area contributed by atoms with Crippen molar-refractivity contribution in [3.8, 4) is 0 Å². The summed E-state index contributed by atoms with van der Waals surface area (Å²) in [4.78, 5) is 170. The summed E-state index contributed by atoms with van der Waals surface area (Å²) in [6.45, 7) is 27.5. The van der Waals surface area contributed by atoms with Gasteiger partial charge in [0.2, 0.25) is 65.0 Å². The lowest BCUT2D eigenvalue weighted by molar-refractivity contribution is -0.157. The fourth-order valence-corrected chi connectivity index (χ4v) is 11.8. The van der Waals surface area contributed by atoms with Gasteiger partial charge in [0, 0.05) is 53.8 Å². The van der Waals surface area contributed by atoms with Crippen LogP contribution in [-0.2, 0) is 52.7 Å². The van der Waals surface area contributed by atoms with E-state index in [0.29, 0.717) is 0 Å². The largest absolute Gasteiger partial charge is 0.390 e. The highest BCUT2D eigenvalue weighted by molar-refractivity contribution is 9.10. The summed E-state index contributed by atoms with van der Waals surface area (Å²) in [5.74, 6) is -9.95. The van der Waals surface area contributed by atoms with E-state index in [-0.39, 0.29) is 62.2 Å². The van der Waals surface area contributed by atoms with Gasteiger partial charge in [-0.2, -0.15) is 0 Å². The van der Waals surface area contributed by atoms with Crippen LogP contribution in [0, 0.1) is 41.4 Å². The number of aliphatic hydroxyl groups excluding tert-OH is 1. The maximum Gasteiger partial charge on any atom is 0.246 e. The van der Waals surface area contributed by atoms with E-state index in [2.05, 4.69) is 37.2 Å². The molecule has 1 heterocycles. The van der Waals surface area contributed by atoms with Crippen LogP contribution in [0.15, 0.2) is 34.8 Å². The van der Waals surface area contributed by atoms with Gasteiger partial charge >= 0.3 is 0 Å². The van der Waals surface area contributed by atoms with Gasteiger partial charge in [0.05, 0.1) is 12.6 Å². The Kier molecular flexibility index (Phi) is 32.5. The van der Waals surface area contributed by atoms with Crippen molar-refractivity contribution in [2.24, 2.45) is 41.4 Å². The zero-order valence-corrected chi connectivity index (χ0v) is 60.3. The summed E-state index contributed by atoms with van der Waals surface area (Å²) in [6.07, 6.45) is 2.95. The van der Waals surface area contributed by atoms with Crippen molar-refractivity contribution in [3.05, 3.63) is 40.4 Å². The van der Waals surface area contributed by atoms with Crippen LogP contribution in [0.2, 0.25) is 0 Å². The molecule has 11 amide bonds. The number of hydrogen-bond donors (Lipinski definition) is 5. The molecule has 0 unspecified atom stereocenters. The fourth-order valence-electron chi connectivity index (χ4n) is 11.4. The first kappa shape index (κ1) is 80.7. The number of likely N-dealkylation sites (N-methyl/N-ethyl adjacent to an activating group) is 7.